The van der Waals surface area contributed by atoms with Crippen molar-refractivity contribution < 1.29 is 32.3 Å². The lowest BCUT2D eigenvalue weighted by molar-refractivity contribution is -0.152. The number of ketones is 1. The minimum absolute atomic E-state index is 0.493. The number of Topliss-reactive ketones (excluding diaryl/α,β-unsaturated/α-hetero) is 1. The van der Waals surface area contributed by atoms with Crippen molar-refractivity contribution in [3.63, 3.8) is 0 Å². The zero-order valence-corrected chi connectivity index (χ0v) is 16.9. The van der Waals surface area contributed by atoms with E-state index in [4.69, 9.17) is 4.74 Å². The van der Waals surface area contributed by atoms with Crippen LogP contribution in [0.1, 0.15) is 58.6 Å². The van der Waals surface area contributed by atoms with Crippen molar-refractivity contribution in [3.05, 3.63) is 35.9 Å². The molecule has 9 heteroatoms. The molecule has 0 saturated carbocycles. The first-order valence-corrected chi connectivity index (χ1v) is 9.28. The molecule has 0 radical (unpaired) electrons. The number of nitrogens with one attached hydrogen (secondary N) is 2. The van der Waals surface area contributed by atoms with Gasteiger partial charge in [-0.25, -0.2) is 4.79 Å². The Balaban J connectivity index is 2.95. The number of ether oxygens (including phenoxy) is 1. The fourth-order valence-electron chi connectivity index (χ4n) is 2.57. The molecule has 1 aromatic rings. The van der Waals surface area contributed by atoms with Gasteiger partial charge in [0.25, 0.3) is 5.91 Å². The predicted molar refractivity (Wildman–Crippen MR) is 101 cm³/mol. The summed E-state index contributed by atoms with van der Waals surface area (Å²) in [6, 6.07) is 6.16. The summed E-state index contributed by atoms with van der Waals surface area (Å²) in [7, 11) is 0. The molecule has 1 rings (SSSR count). The molecule has 0 aromatic heterocycles. The molecule has 29 heavy (non-hydrogen) atoms. The Hall–Kier alpha value is -2.58. The minimum atomic E-state index is -4.77. The summed E-state index contributed by atoms with van der Waals surface area (Å²) in [5.74, 6) is -2.58. The first-order chi connectivity index (χ1) is 13.3. The average Bonchev–Trinajstić information content (AvgIpc) is 2.58. The van der Waals surface area contributed by atoms with Gasteiger partial charge in [-0.1, -0.05) is 43.7 Å². The molecule has 1 aromatic carbocycles. The molecule has 2 N–H and O–H groups in total. The van der Waals surface area contributed by atoms with Gasteiger partial charge in [-0.15, -0.1) is 0 Å². The van der Waals surface area contributed by atoms with Crippen LogP contribution < -0.4 is 10.6 Å². The molecule has 6 nitrogen and oxygen atoms in total. The summed E-state index contributed by atoms with van der Waals surface area (Å²) < 4.78 is 43.6. The van der Waals surface area contributed by atoms with Gasteiger partial charge < -0.3 is 15.4 Å². The van der Waals surface area contributed by atoms with Gasteiger partial charge in [0.05, 0.1) is 12.5 Å². The second-order valence-corrected chi connectivity index (χ2v) is 7.61. The highest BCUT2D eigenvalue weighted by atomic mass is 19.4. The van der Waals surface area contributed by atoms with Gasteiger partial charge in [-0.05, 0) is 32.8 Å². The third-order valence-electron chi connectivity index (χ3n) is 3.75. The fraction of sp³-hybridized carbons (Fsp3) is 0.550. The zero-order valence-electron chi connectivity index (χ0n) is 16.9. The number of amides is 2. The fourth-order valence-corrected chi connectivity index (χ4v) is 2.57. The standard InChI is InChI=1S/C20H27F3N2O4/c1-5-9-14(13-10-7-6-8-11-13)24-17(27)16(26)15(12-20(21,22)23)25-18(28)29-19(2,3)4/h6-8,10-11,14-15H,5,9,12H2,1-4H3,(H,24,27)(H,25,28)/t14-,15?/m0/s1. The molecule has 2 atom stereocenters. The smallest absolute Gasteiger partial charge is 0.408 e. The van der Waals surface area contributed by atoms with Crippen LogP contribution in [0.15, 0.2) is 30.3 Å². The van der Waals surface area contributed by atoms with Crippen LogP contribution in [-0.2, 0) is 14.3 Å². The van der Waals surface area contributed by atoms with E-state index in [1.807, 2.05) is 12.2 Å². The van der Waals surface area contributed by atoms with E-state index in [0.29, 0.717) is 12.8 Å². The van der Waals surface area contributed by atoms with E-state index >= 15 is 0 Å². The van der Waals surface area contributed by atoms with E-state index in [2.05, 4.69) is 5.32 Å². The molecule has 0 spiro atoms. The zero-order chi connectivity index (χ0) is 22.2. The number of rotatable bonds is 8. The van der Waals surface area contributed by atoms with Crippen LogP contribution in [0, 0.1) is 0 Å². The summed E-state index contributed by atoms with van der Waals surface area (Å²) in [5, 5.41) is 4.34. The van der Waals surface area contributed by atoms with E-state index in [-0.39, 0.29) is 0 Å². The molecule has 1 unspecified atom stereocenters. The Morgan fingerprint density at radius 2 is 1.62 bits per heavy atom. The lowest BCUT2D eigenvalue weighted by atomic mass is 10.0. The summed E-state index contributed by atoms with van der Waals surface area (Å²) in [6.45, 7) is 6.44. The maximum absolute atomic E-state index is 12.9. The molecule has 0 fully saturated rings. The number of alkyl halides is 3. The van der Waals surface area contributed by atoms with Crippen LogP contribution in [0.4, 0.5) is 18.0 Å². The van der Waals surface area contributed by atoms with E-state index in [1.54, 1.807) is 30.3 Å². The lowest BCUT2D eigenvalue weighted by Gasteiger charge is -2.24. The van der Waals surface area contributed by atoms with Crippen molar-refractivity contribution in [2.45, 2.75) is 70.8 Å². The van der Waals surface area contributed by atoms with E-state index in [1.165, 1.54) is 20.8 Å². The van der Waals surface area contributed by atoms with Gasteiger partial charge in [0.1, 0.15) is 11.6 Å². The first kappa shape index (κ1) is 24.5. The SMILES string of the molecule is CCC[C@H](NC(=O)C(=O)C(CC(F)(F)F)NC(=O)OC(C)(C)C)c1ccccc1. The highest BCUT2D eigenvalue weighted by Crippen LogP contribution is 2.23. The Labute approximate surface area is 168 Å². The third-order valence-corrected chi connectivity index (χ3v) is 3.75. The van der Waals surface area contributed by atoms with Crippen molar-refractivity contribution in [3.8, 4) is 0 Å². The Morgan fingerprint density at radius 3 is 2.10 bits per heavy atom. The first-order valence-electron chi connectivity index (χ1n) is 9.28. The lowest BCUT2D eigenvalue weighted by Crippen LogP contribution is -2.50. The molecular formula is C20H27F3N2O4. The number of halogens is 3. The molecule has 0 bridgehead atoms. The van der Waals surface area contributed by atoms with E-state index in [0.717, 1.165) is 5.56 Å². The average molecular weight is 416 g/mol. The van der Waals surface area contributed by atoms with Gasteiger partial charge in [-0.2, -0.15) is 13.2 Å². The van der Waals surface area contributed by atoms with Gasteiger partial charge in [0.2, 0.25) is 5.78 Å². The molecule has 0 aliphatic heterocycles. The summed E-state index contributed by atoms with van der Waals surface area (Å²) >= 11 is 0. The van der Waals surface area contributed by atoms with Gasteiger partial charge in [0.15, 0.2) is 0 Å². The highest BCUT2D eigenvalue weighted by Gasteiger charge is 2.39. The quantitative estimate of drug-likeness (QED) is 0.626. The maximum Gasteiger partial charge on any atom is 0.408 e. The Kier molecular flexibility index (Phi) is 8.66. The molecule has 0 aliphatic rings. The van der Waals surface area contributed by atoms with E-state index < -0.39 is 48.1 Å². The van der Waals surface area contributed by atoms with Crippen LogP contribution in [0.2, 0.25) is 0 Å². The monoisotopic (exact) mass is 416 g/mol. The van der Waals surface area contributed by atoms with Crippen LogP contribution in [0.5, 0.6) is 0 Å². The summed E-state index contributed by atoms with van der Waals surface area (Å²) in [4.78, 5) is 36.6. The van der Waals surface area contributed by atoms with Gasteiger partial charge >= 0.3 is 12.3 Å². The van der Waals surface area contributed by atoms with Crippen LogP contribution >= 0.6 is 0 Å². The van der Waals surface area contributed by atoms with Crippen molar-refractivity contribution in [1.82, 2.24) is 10.6 Å². The molecule has 162 valence electrons. The Bertz CT molecular complexity index is 700. The second kappa shape index (κ2) is 10.3. The van der Waals surface area contributed by atoms with Crippen LogP contribution in [0.3, 0.4) is 0 Å². The van der Waals surface area contributed by atoms with E-state index in [9.17, 15) is 27.6 Å². The number of hydrogen-bond acceptors (Lipinski definition) is 4. The molecule has 0 aliphatic carbocycles. The summed E-state index contributed by atoms with van der Waals surface area (Å²) in [6.07, 6.45) is -6.48. The predicted octanol–water partition coefficient (Wildman–Crippen LogP) is 4.06. The molecular weight excluding hydrogens is 389 g/mol. The van der Waals surface area contributed by atoms with Crippen molar-refractivity contribution >= 4 is 17.8 Å². The number of alkyl carbamates (subject to hydrolysis) is 1. The normalized spacial score (nSPS) is 13.9. The van der Waals surface area contributed by atoms with Crippen LogP contribution in [0.25, 0.3) is 0 Å². The number of benzene rings is 1. The van der Waals surface area contributed by atoms with Gasteiger partial charge in [-0.3, -0.25) is 9.59 Å². The molecule has 0 saturated heterocycles. The third kappa shape index (κ3) is 9.45. The van der Waals surface area contributed by atoms with Crippen molar-refractivity contribution in [1.29, 1.82) is 0 Å². The number of carbonyl (C=O) groups is 3. The van der Waals surface area contributed by atoms with Crippen LogP contribution in [-0.4, -0.2) is 35.6 Å². The van der Waals surface area contributed by atoms with Gasteiger partial charge in [0, 0.05) is 0 Å². The topological polar surface area (TPSA) is 84.5 Å². The molecule has 0 heterocycles. The highest BCUT2D eigenvalue weighted by molar-refractivity contribution is 6.38. The Morgan fingerprint density at radius 1 is 1.03 bits per heavy atom. The summed E-state index contributed by atoms with van der Waals surface area (Å²) in [5.41, 5.74) is -0.250. The maximum atomic E-state index is 12.9. The number of carbonyl (C=O) groups excluding carboxylic acids is 3. The van der Waals surface area contributed by atoms with Crippen molar-refractivity contribution in [2.24, 2.45) is 0 Å². The largest absolute Gasteiger partial charge is 0.444 e. The van der Waals surface area contributed by atoms with Crippen molar-refractivity contribution in [2.75, 3.05) is 0 Å². The minimum Gasteiger partial charge on any atom is -0.444 e. The number of hydrogen-bond donors (Lipinski definition) is 2. The second-order valence-electron chi connectivity index (χ2n) is 7.61. The molecule has 2 amide bonds.